The zero-order valence-corrected chi connectivity index (χ0v) is 18.6. The second kappa shape index (κ2) is 8.64. The number of hydrogen-bond acceptors (Lipinski definition) is 7. The summed E-state index contributed by atoms with van der Waals surface area (Å²) < 4.78 is 3.94. The molecule has 8 nitrogen and oxygen atoms in total. The average Bonchev–Trinajstić information content (AvgIpc) is 3.51. The third-order valence-electron chi connectivity index (χ3n) is 7.00. The number of benzene rings is 1. The maximum atomic E-state index is 13.0. The lowest BCUT2D eigenvalue weighted by molar-refractivity contribution is -0.126. The highest BCUT2D eigenvalue weighted by molar-refractivity contribution is 7.03. The summed E-state index contributed by atoms with van der Waals surface area (Å²) in [6.45, 7) is 2.86. The molecule has 2 saturated heterocycles. The van der Waals surface area contributed by atoms with Gasteiger partial charge in [0.2, 0.25) is 11.8 Å². The van der Waals surface area contributed by atoms with Crippen molar-refractivity contribution in [2.75, 3.05) is 31.6 Å². The first-order valence-electron chi connectivity index (χ1n) is 11.0. The molecule has 0 aliphatic carbocycles. The number of fused-ring (bicyclic) bond motifs is 2. The van der Waals surface area contributed by atoms with E-state index in [1.165, 1.54) is 17.1 Å². The Morgan fingerprint density at radius 2 is 2.16 bits per heavy atom. The third kappa shape index (κ3) is 3.97. The quantitative estimate of drug-likeness (QED) is 0.754. The molecule has 3 aliphatic heterocycles. The van der Waals surface area contributed by atoms with Gasteiger partial charge in [0.05, 0.1) is 5.69 Å². The van der Waals surface area contributed by atoms with Gasteiger partial charge < -0.3 is 10.2 Å². The van der Waals surface area contributed by atoms with Crippen LogP contribution in [0.15, 0.2) is 29.6 Å². The van der Waals surface area contributed by atoms with E-state index in [2.05, 4.69) is 37.8 Å². The highest BCUT2D eigenvalue weighted by Crippen LogP contribution is 2.30. The van der Waals surface area contributed by atoms with Crippen molar-refractivity contribution in [1.29, 1.82) is 0 Å². The minimum Gasteiger partial charge on any atom is -0.353 e. The molecule has 9 heteroatoms. The Morgan fingerprint density at radius 1 is 1.29 bits per heavy atom. The van der Waals surface area contributed by atoms with Crippen LogP contribution in [0.3, 0.4) is 0 Å². The molecule has 1 N–H and O–H groups in total. The van der Waals surface area contributed by atoms with Crippen LogP contribution < -0.4 is 10.2 Å². The summed E-state index contributed by atoms with van der Waals surface area (Å²) in [5.74, 6) is 0.259. The van der Waals surface area contributed by atoms with Crippen LogP contribution in [0.25, 0.3) is 0 Å². The summed E-state index contributed by atoms with van der Waals surface area (Å²) >= 11 is 1.34. The van der Waals surface area contributed by atoms with Crippen LogP contribution in [0.1, 0.15) is 30.5 Å². The first kappa shape index (κ1) is 20.5. The van der Waals surface area contributed by atoms with E-state index in [4.69, 9.17) is 0 Å². The van der Waals surface area contributed by atoms with Gasteiger partial charge in [0.1, 0.15) is 6.04 Å². The molecular formula is C22H28N6O2S. The van der Waals surface area contributed by atoms with Gasteiger partial charge in [-0.25, -0.2) is 0 Å². The topological polar surface area (TPSA) is 81.7 Å². The fraction of sp³-hybridized carbons (Fsp3) is 0.545. The van der Waals surface area contributed by atoms with E-state index in [1.807, 2.05) is 28.5 Å². The predicted molar refractivity (Wildman–Crippen MR) is 119 cm³/mol. The lowest BCUT2D eigenvalue weighted by atomic mass is 10.0. The summed E-state index contributed by atoms with van der Waals surface area (Å²) in [7, 11) is 2.10. The summed E-state index contributed by atoms with van der Waals surface area (Å²) in [6.07, 6.45) is 3.10. The molecule has 164 valence electrons. The van der Waals surface area contributed by atoms with Crippen LogP contribution >= 0.6 is 11.5 Å². The van der Waals surface area contributed by atoms with E-state index < -0.39 is 0 Å². The molecule has 2 amide bonds. The van der Waals surface area contributed by atoms with Gasteiger partial charge in [0.25, 0.3) is 0 Å². The summed E-state index contributed by atoms with van der Waals surface area (Å²) in [5.41, 5.74) is 3.22. The molecule has 3 aliphatic rings. The maximum Gasteiger partial charge on any atom is 0.239 e. The van der Waals surface area contributed by atoms with Gasteiger partial charge in [-0.1, -0.05) is 22.7 Å². The van der Waals surface area contributed by atoms with Gasteiger partial charge in [-0.2, -0.15) is 0 Å². The standard InChI is InChI=1S/C22H28N6O2S/c1-26-17(6-7-20(29)28-11-8-15-4-2-3-5-18(15)28)12-23-22(30)21-19(26)9-10-27(21)13-16-14-31-25-24-16/h2-5,14,17,19,21H,6-13H2,1H3,(H,23,30)/t17-,19+,21-/m0/s1. The lowest BCUT2D eigenvalue weighted by Gasteiger charge is -2.33. The molecule has 0 saturated carbocycles. The zero-order valence-electron chi connectivity index (χ0n) is 17.7. The van der Waals surface area contributed by atoms with Gasteiger partial charge in [0.15, 0.2) is 0 Å². The van der Waals surface area contributed by atoms with E-state index >= 15 is 0 Å². The number of likely N-dealkylation sites (N-methyl/N-ethyl adjacent to an activating group) is 1. The second-order valence-electron chi connectivity index (χ2n) is 8.69. The number of likely N-dealkylation sites (tertiary alicyclic amines) is 1. The number of nitrogens with zero attached hydrogens (tertiary/aromatic N) is 5. The molecule has 2 aromatic rings. The highest BCUT2D eigenvalue weighted by atomic mass is 32.1. The van der Waals surface area contributed by atoms with Crippen molar-refractivity contribution in [3.05, 3.63) is 40.9 Å². The van der Waals surface area contributed by atoms with Crippen molar-refractivity contribution in [2.24, 2.45) is 0 Å². The largest absolute Gasteiger partial charge is 0.353 e. The Balaban J connectivity index is 1.23. The number of hydrogen-bond donors (Lipinski definition) is 1. The van der Waals surface area contributed by atoms with Gasteiger partial charge in [0, 0.05) is 55.8 Å². The number of carbonyl (C=O) groups excluding carboxylic acids is 2. The van der Waals surface area contributed by atoms with Crippen LogP contribution in [0.5, 0.6) is 0 Å². The van der Waals surface area contributed by atoms with E-state index in [0.29, 0.717) is 19.5 Å². The molecule has 0 radical (unpaired) electrons. The van der Waals surface area contributed by atoms with Crippen molar-refractivity contribution in [3.8, 4) is 0 Å². The Labute approximate surface area is 186 Å². The van der Waals surface area contributed by atoms with E-state index in [-0.39, 0.29) is 29.9 Å². The molecule has 1 aromatic heterocycles. The minimum atomic E-state index is -0.183. The lowest BCUT2D eigenvalue weighted by Crippen LogP contribution is -2.49. The summed E-state index contributed by atoms with van der Waals surface area (Å²) in [5, 5.41) is 9.22. The molecule has 0 spiro atoms. The van der Waals surface area contributed by atoms with Crippen LogP contribution in [-0.4, -0.2) is 76.0 Å². The minimum absolute atomic E-state index is 0.0832. The predicted octanol–water partition coefficient (Wildman–Crippen LogP) is 1.28. The average molecular weight is 441 g/mol. The van der Waals surface area contributed by atoms with Crippen LogP contribution in [0, 0.1) is 0 Å². The molecule has 4 heterocycles. The number of amides is 2. The number of carbonyl (C=O) groups is 2. The number of anilines is 1. The van der Waals surface area contributed by atoms with E-state index in [0.717, 1.165) is 43.7 Å². The number of nitrogens with one attached hydrogen (secondary N) is 1. The Morgan fingerprint density at radius 3 is 3.00 bits per heavy atom. The monoisotopic (exact) mass is 440 g/mol. The molecule has 0 bridgehead atoms. The van der Waals surface area contributed by atoms with E-state index in [9.17, 15) is 9.59 Å². The molecule has 31 heavy (non-hydrogen) atoms. The first-order valence-corrected chi connectivity index (χ1v) is 11.8. The van der Waals surface area contributed by atoms with Gasteiger partial charge in [-0.15, -0.1) is 5.10 Å². The van der Waals surface area contributed by atoms with Crippen molar-refractivity contribution >= 4 is 29.0 Å². The highest BCUT2D eigenvalue weighted by Gasteiger charge is 2.45. The SMILES string of the molecule is CN1[C@@H](CCC(=O)N2CCc3ccccc32)CNC(=O)[C@@H]2[C@H]1CCN2Cc1csnn1. The fourth-order valence-electron chi connectivity index (χ4n) is 5.31. The molecule has 5 rings (SSSR count). The number of para-hydroxylation sites is 1. The molecule has 0 unspecified atom stereocenters. The summed E-state index contributed by atoms with van der Waals surface area (Å²) in [4.78, 5) is 32.3. The van der Waals surface area contributed by atoms with Crippen LogP contribution in [0.4, 0.5) is 5.69 Å². The molecular weight excluding hydrogens is 412 g/mol. The Bertz CT molecular complexity index is 951. The molecule has 2 fully saturated rings. The summed E-state index contributed by atoms with van der Waals surface area (Å²) in [6, 6.07) is 8.29. The Kier molecular flexibility index (Phi) is 5.73. The van der Waals surface area contributed by atoms with Crippen LogP contribution in [-0.2, 0) is 22.6 Å². The fourth-order valence-corrected chi connectivity index (χ4v) is 5.75. The van der Waals surface area contributed by atoms with Crippen LogP contribution in [0.2, 0.25) is 0 Å². The van der Waals surface area contributed by atoms with Gasteiger partial charge in [-0.3, -0.25) is 19.4 Å². The van der Waals surface area contributed by atoms with Crippen molar-refractivity contribution < 1.29 is 9.59 Å². The van der Waals surface area contributed by atoms with Gasteiger partial charge in [-0.05, 0) is 49.5 Å². The van der Waals surface area contributed by atoms with Gasteiger partial charge >= 0.3 is 0 Å². The zero-order chi connectivity index (χ0) is 21.4. The Hall–Kier alpha value is -2.36. The third-order valence-corrected chi connectivity index (χ3v) is 7.55. The van der Waals surface area contributed by atoms with Crippen molar-refractivity contribution in [1.82, 2.24) is 24.7 Å². The van der Waals surface area contributed by atoms with Crippen molar-refractivity contribution in [2.45, 2.75) is 50.4 Å². The smallest absolute Gasteiger partial charge is 0.239 e. The maximum absolute atomic E-state index is 13.0. The van der Waals surface area contributed by atoms with E-state index in [1.54, 1.807) is 0 Å². The normalized spacial score (nSPS) is 26.4. The van der Waals surface area contributed by atoms with Crippen molar-refractivity contribution in [3.63, 3.8) is 0 Å². The first-order chi connectivity index (χ1) is 15.1. The molecule has 1 aromatic carbocycles. The second-order valence-corrected chi connectivity index (χ2v) is 9.30. The molecule has 3 atom stereocenters. The number of aromatic nitrogens is 2. The number of rotatable bonds is 5.